The van der Waals surface area contributed by atoms with Gasteiger partial charge in [0.25, 0.3) is 5.91 Å². The van der Waals surface area contributed by atoms with E-state index in [2.05, 4.69) is 10.2 Å². The van der Waals surface area contributed by atoms with Crippen LogP contribution in [-0.4, -0.2) is 5.91 Å². The average molecular weight is 193 g/mol. The molecule has 0 radical (unpaired) electrons. The molecule has 1 aromatic carbocycles. The van der Waals surface area contributed by atoms with Gasteiger partial charge in [-0.1, -0.05) is 23.7 Å². The minimum atomic E-state index is -0.315. The van der Waals surface area contributed by atoms with Crippen molar-refractivity contribution < 1.29 is 4.79 Å². The summed E-state index contributed by atoms with van der Waals surface area (Å²) in [5.74, 6) is -0.315. The Kier molecular flexibility index (Phi) is 1.94. The van der Waals surface area contributed by atoms with Gasteiger partial charge in [-0.05, 0) is 12.1 Å². The molecule has 0 unspecified atom stereocenters. The SMILES string of the molecule is O=C1C=C(c2ccc(Cl)cc2)N=N1. The predicted molar refractivity (Wildman–Crippen MR) is 49.3 cm³/mol. The highest BCUT2D eigenvalue weighted by Gasteiger charge is 2.09. The number of benzene rings is 1. The van der Waals surface area contributed by atoms with E-state index in [0.717, 1.165) is 5.56 Å². The minimum absolute atomic E-state index is 0.315. The van der Waals surface area contributed by atoms with Crippen molar-refractivity contribution in [1.82, 2.24) is 0 Å². The van der Waals surface area contributed by atoms with E-state index in [0.29, 0.717) is 10.7 Å². The van der Waals surface area contributed by atoms with Crippen LogP contribution in [-0.2, 0) is 4.79 Å². The number of amides is 1. The maximum atomic E-state index is 10.7. The molecule has 0 saturated heterocycles. The molecule has 1 aromatic rings. The fourth-order valence-corrected chi connectivity index (χ4v) is 1.17. The monoisotopic (exact) mass is 192 g/mol. The first-order valence-corrected chi connectivity index (χ1v) is 4.07. The van der Waals surface area contributed by atoms with Crippen LogP contribution < -0.4 is 0 Å². The quantitative estimate of drug-likeness (QED) is 0.675. The molecule has 0 atom stereocenters. The average Bonchev–Trinajstić information content (AvgIpc) is 2.53. The molecule has 4 heteroatoms. The molecule has 0 aliphatic carbocycles. The summed E-state index contributed by atoms with van der Waals surface area (Å²) in [5.41, 5.74) is 1.43. The van der Waals surface area contributed by atoms with Gasteiger partial charge in [0.05, 0.1) is 5.70 Å². The van der Waals surface area contributed by atoms with Crippen LogP contribution in [0.4, 0.5) is 0 Å². The summed E-state index contributed by atoms with van der Waals surface area (Å²) in [7, 11) is 0. The van der Waals surface area contributed by atoms with Gasteiger partial charge in [0.1, 0.15) is 0 Å². The van der Waals surface area contributed by atoms with E-state index in [4.69, 9.17) is 11.6 Å². The van der Waals surface area contributed by atoms with Crippen LogP contribution in [0.15, 0.2) is 40.6 Å². The lowest BCUT2D eigenvalue weighted by molar-refractivity contribution is -0.113. The van der Waals surface area contributed by atoms with E-state index in [9.17, 15) is 4.79 Å². The summed E-state index contributed by atoms with van der Waals surface area (Å²) in [6.45, 7) is 0. The van der Waals surface area contributed by atoms with E-state index in [1.54, 1.807) is 24.3 Å². The molecule has 1 aliphatic rings. The lowest BCUT2D eigenvalue weighted by Gasteiger charge is -1.95. The highest BCUT2D eigenvalue weighted by Crippen LogP contribution is 2.21. The number of azo groups is 1. The third-order valence-electron chi connectivity index (χ3n) is 1.66. The van der Waals surface area contributed by atoms with E-state index in [-0.39, 0.29) is 5.91 Å². The molecule has 0 spiro atoms. The van der Waals surface area contributed by atoms with Crippen LogP contribution in [0.2, 0.25) is 5.02 Å². The van der Waals surface area contributed by atoms with Crippen molar-refractivity contribution in [2.24, 2.45) is 10.2 Å². The number of nitrogens with zero attached hydrogens (tertiary/aromatic N) is 2. The third kappa shape index (κ3) is 1.65. The van der Waals surface area contributed by atoms with Crippen molar-refractivity contribution in [1.29, 1.82) is 0 Å². The first-order chi connectivity index (χ1) is 6.25. The Balaban J connectivity index is 2.37. The van der Waals surface area contributed by atoms with Crippen LogP contribution in [0.1, 0.15) is 5.56 Å². The molecule has 1 heterocycles. The van der Waals surface area contributed by atoms with Gasteiger partial charge >= 0.3 is 0 Å². The number of carbonyl (C=O) groups excluding carboxylic acids is 1. The lowest BCUT2D eigenvalue weighted by Crippen LogP contribution is -1.80. The largest absolute Gasteiger partial charge is 0.290 e. The zero-order valence-corrected chi connectivity index (χ0v) is 7.32. The molecule has 64 valence electrons. The Morgan fingerprint density at radius 1 is 1.08 bits per heavy atom. The number of hydrogen-bond acceptors (Lipinski definition) is 2. The molecular formula is C9H5ClN2O. The Morgan fingerprint density at radius 3 is 2.31 bits per heavy atom. The van der Waals surface area contributed by atoms with Crippen molar-refractivity contribution in [3.8, 4) is 0 Å². The van der Waals surface area contributed by atoms with Gasteiger partial charge in [-0.3, -0.25) is 4.79 Å². The van der Waals surface area contributed by atoms with Gasteiger partial charge in [-0.25, -0.2) is 0 Å². The van der Waals surface area contributed by atoms with Gasteiger partial charge in [0, 0.05) is 16.7 Å². The lowest BCUT2D eigenvalue weighted by atomic mass is 10.1. The molecule has 3 nitrogen and oxygen atoms in total. The second-order valence-electron chi connectivity index (χ2n) is 2.57. The number of halogens is 1. The summed E-state index contributed by atoms with van der Waals surface area (Å²) >= 11 is 5.71. The highest BCUT2D eigenvalue weighted by atomic mass is 35.5. The zero-order valence-electron chi connectivity index (χ0n) is 6.57. The summed E-state index contributed by atoms with van der Waals surface area (Å²) in [5, 5.41) is 7.74. The number of carbonyl (C=O) groups is 1. The summed E-state index contributed by atoms with van der Waals surface area (Å²) in [6.07, 6.45) is 1.39. The van der Waals surface area contributed by atoms with Crippen LogP contribution in [0.5, 0.6) is 0 Å². The van der Waals surface area contributed by atoms with Crippen LogP contribution in [0, 0.1) is 0 Å². The number of rotatable bonds is 1. The minimum Gasteiger partial charge on any atom is -0.266 e. The maximum absolute atomic E-state index is 10.7. The molecular weight excluding hydrogens is 188 g/mol. The van der Waals surface area contributed by atoms with Crippen molar-refractivity contribution in [3.05, 3.63) is 40.9 Å². The smallest absolute Gasteiger partial charge is 0.266 e. The molecule has 0 aromatic heterocycles. The number of hydrogen-bond donors (Lipinski definition) is 0. The van der Waals surface area contributed by atoms with Crippen LogP contribution in [0.3, 0.4) is 0 Å². The Bertz CT molecular complexity index is 406. The summed E-state index contributed by atoms with van der Waals surface area (Å²) in [6, 6.07) is 7.09. The Morgan fingerprint density at radius 2 is 1.77 bits per heavy atom. The predicted octanol–water partition coefficient (Wildman–Crippen LogP) is 2.67. The third-order valence-corrected chi connectivity index (χ3v) is 1.91. The highest BCUT2D eigenvalue weighted by molar-refractivity contribution is 6.30. The second-order valence-corrected chi connectivity index (χ2v) is 3.01. The van der Waals surface area contributed by atoms with E-state index in [1.165, 1.54) is 6.08 Å². The van der Waals surface area contributed by atoms with Gasteiger partial charge in [0.2, 0.25) is 0 Å². The topological polar surface area (TPSA) is 41.8 Å². The molecule has 0 N–H and O–H groups in total. The first kappa shape index (κ1) is 8.13. The molecule has 2 rings (SSSR count). The maximum Gasteiger partial charge on any atom is 0.290 e. The fraction of sp³-hybridized carbons (Fsp3) is 0. The molecule has 0 fully saturated rings. The summed E-state index contributed by atoms with van der Waals surface area (Å²) in [4.78, 5) is 10.7. The van der Waals surface area contributed by atoms with Crippen molar-refractivity contribution in [3.63, 3.8) is 0 Å². The van der Waals surface area contributed by atoms with Gasteiger partial charge in [0.15, 0.2) is 0 Å². The van der Waals surface area contributed by atoms with Gasteiger partial charge in [-0.15, -0.1) is 10.2 Å². The standard InChI is InChI=1S/C9H5ClN2O/c10-7-3-1-6(2-4-7)8-5-9(13)12-11-8/h1-5H. The Hall–Kier alpha value is -1.48. The summed E-state index contributed by atoms with van der Waals surface area (Å²) < 4.78 is 0. The zero-order chi connectivity index (χ0) is 9.26. The Labute approximate surface area is 79.7 Å². The van der Waals surface area contributed by atoms with Crippen LogP contribution >= 0.6 is 11.6 Å². The molecule has 1 aliphatic heterocycles. The van der Waals surface area contributed by atoms with E-state index < -0.39 is 0 Å². The van der Waals surface area contributed by atoms with E-state index in [1.807, 2.05) is 0 Å². The fourth-order valence-electron chi connectivity index (χ4n) is 1.04. The molecule has 13 heavy (non-hydrogen) atoms. The first-order valence-electron chi connectivity index (χ1n) is 3.69. The van der Waals surface area contributed by atoms with E-state index >= 15 is 0 Å². The molecule has 0 saturated carbocycles. The molecule has 1 amide bonds. The van der Waals surface area contributed by atoms with Crippen LogP contribution in [0.25, 0.3) is 5.70 Å². The molecule has 0 bridgehead atoms. The van der Waals surface area contributed by atoms with Crippen molar-refractivity contribution >= 4 is 23.2 Å². The van der Waals surface area contributed by atoms with Gasteiger partial charge < -0.3 is 0 Å². The normalized spacial score (nSPS) is 14.8. The van der Waals surface area contributed by atoms with Crippen molar-refractivity contribution in [2.75, 3.05) is 0 Å². The van der Waals surface area contributed by atoms with Crippen molar-refractivity contribution in [2.45, 2.75) is 0 Å². The van der Waals surface area contributed by atoms with Gasteiger partial charge in [-0.2, -0.15) is 0 Å². The second kappa shape index (κ2) is 3.11.